The molecule has 144 valence electrons. The van der Waals surface area contributed by atoms with Gasteiger partial charge in [-0.05, 0) is 43.4 Å². The summed E-state index contributed by atoms with van der Waals surface area (Å²) >= 11 is 1.69. The number of rotatable bonds is 4. The second-order valence-electron chi connectivity index (χ2n) is 6.74. The van der Waals surface area contributed by atoms with Crippen LogP contribution >= 0.6 is 11.8 Å². The first kappa shape index (κ1) is 18.4. The Kier molecular flexibility index (Phi) is 4.76. The van der Waals surface area contributed by atoms with Gasteiger partial charge in [0.15, 0.2) is 5.69 Å². The molecule has 1 aliphatic rings. The number of hydrogen-bond acceptors (Lipinski definition) is 6. The minimum absolute atomic E-state index is 0.117. The molecule has 1 fully saturated rings. The molecule has 9 heteroatoms. The number of thioether (sulfide) groups is 1. The Morgan fingerprint density at radius 2 is 1.96 bits per heavy atom. The molecule has 0 bridgehead atoms. The first-order valence-electron chi connectivity index (χ1n) is 8.92. The number of carbonyl (C=O) groups excluding carboxylic acids is 1. The number of pyridine rings is 1. The summed E-state index contributed by atoms with van der Waals surface area (Å²) in [5, 5.41) is 21.5. The lowest BCUT2D eigenvalue weighted by Gasteiger charge is -2.33. The van der Waals surface area contributed by atoms with Crippen molar-refractivity contribution >= 4 is 34.5 Å². The summed E-state index contributed by atoms with van der Waals surface area (Å²) in [7, 11) is 0. The number of para-hydroxylation sites is 1. The van der Waals surface area contributed by atoms with Crippen LogP contribution in [0.3, 0.4) is 0 Å². The van der Waals surface area contributed by atoms with Crippen molar-refractivity contribution in [3.63, 3.8) is 0 Å². The van der Waals surface area contributed by atoms with Gasteiger partial charge in [0.05, 0.1) is 16.9 Å². The van der Waals surface area contributed by atoms with E-state index in [-0.39, 0.29) is 5.69 Å². The van der Waals surface area contributed by atoms with E-state index in [0.29, 0.717) is 35.7 Å². The van der Waals surface area contributed by atoms with Gasteiger partial charge in [0.1, 0.15) is 5.54 Å². The molecule has 4 rings (SSSR count). The van der Waals surface area contributed by atoms with Crippen molar-refractivity contribution in [1.82, 2.24) is 25.3 Å². The Balaban J connectivity index is 1.68. The van der Waals surface area contributed by atoms with Crippen LogP contribution in [0.25, 0.3) is 16.6 Å². The third-order valence-corrected chi connectivity index (χ3v) is 6.04. The highest BCUT2D eigenvalue weighted by Crippen LogP contribution is 2.28. The van der Waals surface area contributed by atoms with E-state index in [9.17, 15) is 14.7 Å². The fraction of sp³-hybridized carbons (Fsp3) is 0.316. The minimum atomic E-state index is -1.25. The van der Waals surface area contributed by atoms with Crippen LogP contribution in [0, 0.1) is 6.92 Å². The second kappa shape index (κ2) is 7.23. The normalized spacial score (nSPS) is 16.0. The minimum Gasteiger partial charge on any atom is -0.480 e. The van der Waals surface area contributed by atoms with Gasteiger partial charge < -0.3 is 10.4 Å². The number of nitrogens with one attached hydrogen (secondary N) is 1. The number of carboxylic acids is 1. The van der Waals surface area contributed by atoms with Crippen molar-refractivity contribution in [3.8, 4) is 5.69 Å². The number of fused-ring (bicyclic) bond motifs is 1. The van der Waals surface area contributed by atoms with E-state index in [2.05, 4.69) is 20.6 Å². The van der Waals surface area contributed by atoms with Crippen molar-refractivity contribution in [2.75, 3.05) is 11.5 Å². The molecule has 3 aromatic rings. The van der Waals surface area contributed by atoms with Crippen LogP contribution < -0.4 is 5.32 Å². The van der Waals surface area contributed by atoms with E-state index in [1.165, 1.54) is 0 Å². The van der Waals surface area contributed by atoms with Crippen LogP contribution in [0.4, 0.5) is 0 Å². The molecule has 1 aliphatic heterocycles. The van der Waals surface area contributed by atoms with Crippen LogP contribution in [-0.2, 0) is 4.79 Å². The van der Waals surface area contributed by atoms with Crippen molar-refractivity contribution in [2.45, 2.75) is 25.3 Å². The Hall–Kier alpha value is -2.94. The van der Waals surface area contributed by atoms with Gasteiger partial charge in [-0.15, -0.1) is 5.10 Å². The third-order valence-electron chi connectivity index (χ3n) is 5.06. The number of hydrogen-bond donors (Lipinski definition) is 2. The zero-order chi connectivity index (χ0) is 19.7. The molecule has 0 unspecified atom stereocenters. The molecule has 1 aromatic carbocycles. The van der Waals surface area contributed by atoms with Gasteiger partial charge in [-0.25, -0.2) is 9.48 Å². The zero-order valence-corrected chi connectivity index (χ0v) is 16.1. The molecule has 1 amide bonds. The molecule has 28 heavy (non-hydrogen) atoms. The summed E-state index contributed by atoms with van der Waals surface area (Å²) < 4.78 is 1.56. The molecule has 0 radical (unpaired) electrons. The SMILES string of the molecule is Cc1c(C(=O)NC2(C(=O)O)CCSCC2)nnn1-c1cccc2cccnc12. The van der Waals surface area contributed by atoms with E-state index in [1.807, 2.05) is 30.3 Å². The number of carboxylic acid groups (broad SMARTS) is 1. The molecule has 8 nitrogen and oxygen atoms in total. The standard InChI is InChI=1S/C19H19N5O3S/c1-12-15(17(25)21-19(18(26)27)7-10-28-11-8-19)22-23-24(12)14-6-2-4-13-5-3-9-20-16(13)14/h2-6,9H,7-8,10-11H2,1H3,(H,21,25)(H,26,27). The van der Waals surface area contributed by atoms with Crippen LogP contribution in [0.15, 0.2) is 36.5 Å². The molecule has 2 aromatic heterocycles. The topological polar surface area (TPSA) is 110 Å². The highest BCUT2D eigenvalue weighted by Gasteiger charge is 2.42. The lowest BCUT2D eigenvalue weighted by molar-refractivity contribution is -0.144. The zero-order valence-electron chi connectivity index (χ0n) is 15.3. The van der Waals surface area contributed by atoms with Crippen LogP contribution in [-0.4, -0.2) is 54.0 Å². The van der Waals surface area contributed by atoms with Gasteiger partial charge >= 0.3 is 5.97 Å². The highest BCUT2D eigenvalue weighted by atomic mass is 32.2. The number of amides is 1. The number of aliphatic carboxylic acids is 1. The predicted molar refractivity (Wildman–Crippen MR) is 106 cm³/mol. The molecule has 0 aliphatic carbocycles. The summed E-state index contributed by atoms with van der Waals surface area (Å²) in [4.78, 5) is 29.1. The molecule has 0 atom stereocenters. The number of nitrogens with zero attached hydrogens (tertiary/aromatic N) is 4. The van der Waals surface area contributed by atoms with Crippen molar-refractivity contribution in [1.29, 1.82) is 0 Å². The summed E-state index contributed by atoms with van der Waals surface area (Å²) in [5.74, 6) is -0.143. The van der Waals surface area contributed by atoms with Crippen LogP contribution in [0.1, 0.15) is 29.0 Å². The van der Waals surface area contributed by atoms with Crippen LogP contribution in [0.5, 0.6) is 0 Å². The van der Waals surface area contributed by atoms with E-state index in [4.69, 9.17) is 0 Å². The third kappa shape index (κ3) is 3.11. The molecule has 3 heterocycles. The molecular weight excluding hydrogens is 378 g/mol. The van der Waals surface area contributed by atoms with Gasteiger partial charge in [-0.2, -0.15) is 11.8 Å². The lowest BCUT2D eigenvalue weighted by Crippen LogP contribution is -2.56. The highest BCUT2D eigenvalue weighted by molar-refractivity contribution is 7.99. The molecule has 2 N–H and O–H groups in total. The smallest absolute Gasteiger partial charge is 0.329 e. The molecule has 0 spiro atoms. The fourth-order valence-corrected chi connectivity index (χ4v) is 4.61. The van der Waals surface area contributed by atoms with Gasteiger partial charge in [0.25, 0.3) is 5.91 Å². The maximum absolute atomic E-state index is 12.8. The van der Waals surface area contributed by atoms with Crippen molar-refractivity contribution in [2.24, 2.45) is 0 Å². The summed E-state index contributed by atoms with van der Waals surface area (Å²) in [5.41, 5.74) is 0.855. The summed E-state index contributed by atoms with van der Waals surface area (Å²) in [6.45, 7) is 1.74. The summed E-state index contributed by atoms with van der Waals surface area (Å²) in [6, 6.07) is 9.49. The van der Waals surface area contributed by atoms with Gasteiger partial charge in [-0.3, -0.25) is 9.78 Å². The number of carbonyl (C=O) groups is 2. The fourth-order valence-electron chi connectivity index (χ4n) is 3.42. The average molecular weight is 397 g/mol. The Morgan fingerprint density at radius 1 is 1.21 bits per heavy atom. The average Bonchev–Trinajstić information content (AvgIpc) is 3.09. The quantitative estimate of drug-likeness (QED) is 0.694. The van der Waals surface area contributed by atoms with E-state index in [1.54, 1.807) is 29.6 Å². The maximum Gasteiger partial charge on any atom is 0.329 e. The molecule has 1 saturated heterocycles. The Morgan fingerprint density at radius 3 is 2.71 bits per heavy atom. The van der Waals surface area contributed by atoms with Crippen molar-refractivity contribution < 1.29 is 14.7 Å². The van der Waals surface area contributed by atoms with Gasteiger partial charge in [0, 0.05) is 11.6 Å². The van der Waals surface area contributed by atoms with Gasteiger partial charge in [0.2, 0.25) is 0 Å². The van der Waals surface area contributed by atoms with E-state index in [0.717, 1.165) is 10.9 Å². The van der Waals surface area contributed by atoms with Gasteiger partial charge in [-0.1, -0.05) is 23.4 Å². The Labute approximate surface area is 165 Å². The van der Waals surface area contributed by atoms with E-state index < -0.39 is 17.4 Å². The maximum atomic E-state index is 12.8. The monoisotopic (exact) mass is 397 g/mol. The first-order chi connectivity index (χ1) is 13.5. The first-order valence-corrected chi connectivity index (χ1v) is 10.1. The van der Waals surface area contributed by atoms with E-state index >= 15 is 0 Å². The molecule has 0 saturated carbocycles. The van der Waals surface area contributed by atoms with Crippen molar-refractivity contribution in [3.05, 3.63) is 47.9 Å². The lowest BCUT2D eigenvalue weighted by atomic mass is 9.92. The second-order valence-corrected chi connectivity index (χ2v) is 7.97. The molecular formula is C19H19N5O3S. The van der Waals surface area contributed by atoms with Crippen LogP contribution in [0.2, 0.25) is 0 Å². The predicted octanol–water partition coefficient (Wildman–Crippen LogP) is 2.20. The number of aromatic nitrogens is 4. The summed E-state index contributed by atoms with van der Waals surface area (Å²) in [6.07, 6.45) is 2.47. The Bertz CT molecular complexity index is 1050. The largest absolute Gasteiger partial charge is 0.480 e. The number of benzene rings is 1.